The molecule has 0 aromatic carbocycles. The van der Waals surface area contributed by atoms with Crippen molar-refractivity contribution in [3.8, 4) is 0 Å². The van der Waals surface area contributed by atoms with Crippen LogP contribution in [0.15, 0.2) is 23.0 Å². The van der Waals surface area contributed by atoms with Crippen LogP contribution in [0.3, 0.4) is 0 Å². The lowest BCUT2D eigenvalue weighted by Crippen LogP contribution is -2.30. The molecule has 0 N–H and O–H groups in total. The molecule has 0 aliphatic carbocycles. The zero-order chi connectivity index (χ0) is 13.1. The van der Waals surface area contributed by atoms with Crippen molar-refractivity contribution in [1.29, 1.82) is 0 Å². The van der Waals surface area contributed by atoms with Crippen LogP contribution in [0.4, 0.5) is 13.2 Å². The van der Waals surface area contributed by atoms with Gasteiger partial charge in [-0.2, -0.15) is 25.8 Å². The topological polar surface area (TPSA) is 22.0 Å². The number of aromatic nitrogens is 1. The van der Waals surface area contributed by atoms with E-state index in [2.05, 4.69) is 12.6 Å². The van der Waals surface area contributed by atoms with E-state index in [-0.39, 0.29) is 12.5 Å². The SMILES string of the molecule is CCC(CS)Cn1c(C(F)(F)F)cccc1=O. The summed E-state index contributed by atoms with van der Waals surface area (Å²) in [5, 5.41) is 0. The quantitative estimate of drug-likeness (QED) is 0.831. The summed E-state index contributed by atoms with van der Waals surface area (Å²) in [6, 6.07) is 3.19. The van der Waals surface area contributed by atoms with E-state index in [9.17, 15) is 18.0 Å². The van der Waals surface area contributed by atoms with Gasteiger partial charge in [0.25, 0.3) is 5.56 Å². The Bertz CT molecular complexity index is 423. The van der Waals surface area contributed by atoms with E-state index in [1.807, 2.05) is 6.92 Å². The molecule has 0 spiro atoms. The third kappa shape index (κ3) is 3.52. The fraction of sp³-hybridized carbons (Fsp3) is 0.545. The summed E-state index contributed by atoms with van der Waals surface area (Å²) >= 11 is 4.07. The first-order valence-electron chi connectivity index (χ1n) is 5.28. The Morgan fingerprint density at radius 3 is 2.53 bits per heavy atom. The van der Waals surface area contributed by atoms with Gasteiger partial charge in [0.05, 0.1) is 0 Å². The molecule has 0 saturated carbocycles. The van der Waals surface area contributed by atoms with Crippen molar-refractivity contribution in [3.63, 3.8) is 0 Å². The number of thiol groups is 1. The van der Waals surface area contributed by atoms with Crippen LogP contribution in [-0.4, -0.2) is 10.3 Å². The molecule has 2 nitrogen and oxygen atoms in total. The van der Waals surface area contributed by atoms with E-state index >= 15 is 0 Å². The van der Waals surface area contributed by atoms with Gasteiger partial charge in [-0.1, -0.05) is 19.4 Å². The fourth-order valence-electron chi connectivity index (χ4n) is 1.53. The van der Waals surface area contributed by atoms with Crippen molar-refractivity contribution in [2.24, 2.45) is 5.92 Å². The summed E-state index contributed by atoms with van der Waals surface area (Å²) < 4.78 is 38.9. The Morgan fingerprint density at radius 2 is 2.06 bits per heavy atom. The minimum absolute atomic E-state index is 0.0421. The molecule has 6 heteroatoms. The molecule has 1 rings (SSSR count). The Balaban J connectivity index is 3.17. The highest BCUT2D eigenvalue weighted by atomic mass is 32.1. The van der Waals surface area contributed by atoms with Crippen LogP contribution < -0.4 is 5.56 Å². The molecule has 96 valence electrons. The van der Waals surface area contributed by atoms with Crippen LogP contribution in [0, 0.1) is 5.92 Å². The van der Waals surface area contributed by atoms with Crippen LogP contribution in [0.2, 0.25) is 0 Å². The lowest BCUT2D eigenvalue weighted by molar-refractivity contribution is -0.144. The predicted octanol–water partition coefficient (Wildman–Crippen LogP) is 2.82. The normalized spacial score (nSPS) is 13.7. The number of hydrogen-bond acceptors (Lipinski definition) is 2. The Morgan fingerprint density at radius 1 is 1.41 bits per heavy atom. The smallest absolute Gasteiger partial charge is 0.304 e. The molecule has 1 aromatic heterocycles. The van der Waals surface area contributed by atoms with Gasteiger partial charge in [-0.25, -0.2) is 0 Å². The van der Waals surface area contributed by atoms with Gasteiger partial charge in [0.2, 0.25) is 0 Å². The Kier molecular flexibility index (Phi) is 4.68. The van der Waals surface area contributed by atoms with Gasteiger partial charge in [-0.05, 0) is 17.7 Å². The van der Waals surface area contributed by atoms with Gasteiger partial charge >= 0.3 is 6.18 Å². The number of nitrogens with zero attached hydrogens (tertiary/aromatic N) is 1. The van der Waals surface area contributed by atoms with Crippen molar-refractivity contribution in [2.75, 3.05) is 5.75 Å². The average molecular weight is 265 g/mol. The third-order valence-electron chi connectivity index (χ3n) is 2.62. The highest BCUT2D eigenvalue weighted by molar-refractivity contribution is 7.80. The maximum absolute atomic E-state index is 12.7. The van der Waals surface area contributed by atoms with Crippen molar-refractivity contribution >= 4 is 12.6 Å². The minimum Gasteiger partial charge on any atom is -0.304 e. The summed E-state index contributed by atoms with van der Waals surface area (Å²) in [6.07, 6.45) is -3.82. The maximum atomic E-state index is 12.7. The number of alkyl halides is 3. The lowest BCUT2D eigenvalue weighted by atomic mass is 10.1. The van der Waals surface area contributed by atoms with Gasteiger partial charge in [0.1, 0.15) is 5.69 Å². The first kappa shape index (κ1) is 14.2. The number of halogens is 3. The van der Waals surface area contributed by atoms with Gasteiger partial charge in [-0.15, -0.1) is 0 Å². The lowest BCUT2D eigenvalue weighted by Gasteiger charge is -2.19. The summed E-state index contributed by atoms with van der Waals surface area (Å²) in [7, 11) is 0. The first-order chi connectivity index (χ1) is 7.90. The van der Waals surface area contributed by atoms with Gasteiger partial charge < -0.3 is 4.57 Å². The van der Waals surface area contributed by atoms with Gasteiger partial charge in [-0.3, -0.25) is 4.79 Å². The minimum atomic E-state index is -4.50. The average Bonchev–Trinajstić information content (AvgIpc) is 2.26. The molecule has 1 unspecified atom stereocenters. The van der Waals surface area contributed by atoms with E-state index in [1.165, 1.54) is 0 Å². The highest BCUT2D eigenvalue weighted by Gasteiger charge is 2.34. The molecule has 0 aliphatic heterocycles. The third-order valence-corrected chi connectivity index (χ3v) is 3.13. The molecular weight excluding hydrogens is 251 g/mol. The standard InChI is InChI=1S/C11H14F3NOS/c1-2-8(7-17)6-15-9(11(12,13)14)4-3-5-10(15)16/h3-5,8,17H,2,6-7H2,1H3. The number of hydrogen-bond donors (Lipinski definition) is 1. The molecule has 0 fully saturated rings. The zero-order valence-electron chi connectivity index (χ0n) is 9.37. The first-order valence-corrected chi connectivity index (χ1v) is 5.91. The van der Waals surface area contributed by atoms with E-state index < -0.39 is 17.4 Å². The number of rotatable bonds is 4. The van der Waals surface area contributed by atoms with Crippen LogP contribution in [0.25, 0.3) is 0 Å². The van der Waals surface area contributed by atoms with Crippen molar-refractivity contribution in [2.45, 2.75) is 26.1 Å². The van der Waals surface area contributed by atoms with Crippen molar-refractivity contribution in [3.05, 3.63) is 34.2 Å². The molecule has 0 aliphatic rings. The Hall–Kier alpha value is -0.910. The molecule has 0 amide bonds. The molecule has 1 heterocycles. The molecule has 17 heavy (non-hydrogen) atoms. The highest BCUT2D eigenvalue weighted by Crippen LogP contribution is 2.28. The molecular formula is C11H14F3NOS. The van der Waals surface area contributed by atoms with Crippen LogP contribution in [0.1, 0.15) is 19.0 Å². The van der Waals surface area contributed by atoms with Crippen LogP contribution in [-0.2, 0) is 12.7 Å². The van der Waals surface area contributed by atoms with Gasteiger partial charge in [0, 0.05) is 12.6 Å². The van der Waals surface area contributed by atoms with Crippen molar-refractivity contribution < 1.29 is 13.2 Å². The predicted molar refractivity (Wildman–Crippen MR) is 63.3 cm³/mol. The van der Waals surface area contributed by atoms with Crippen LogP contribution in [0.5, 0.6) is 0 Å². The summed E-state index contributed by atoms with van der Waals surface area (Å²) in [4.78, 5) is 11.5. The van der Waals surface area contributed by atoms with Gasteiger partial charge in [0.15, 0.2) is 0 Å². The molecule has 0 saturated heterocycles. The maximum Gasteiger partial charge on any atom is 0.431 e. The monoisotopic (exact) mass is 265 g/mol. The molecule has 1 aromatic rings. The van der Waals surface area contributed by atoms with E-state index in [1.54, 1.807) is 0 Å². The summed E-state index contributed by atoms with van der Waals surface area (Å²) in [5.41, 5.74) is -1.52. The van der Waals surface area contributed by atoms with E-state index in [0.717, 1.165) is 22.8 Å². The van der Waals surface area contributed by atoms with E-state index in [4.69, 9.17) is 0 Å². The van der Waals surface area contributed by atoms with Crippen LogP contribution >= 0.6 is 12.6 Å². The summed E-state index contributed by atoms with van der Waals surface area (Å²) in [6.45, 7) is 1.91. The second-order valence-electron chi connectivity index (χ2n) is 3.81. The number of pyridine rings is 1. The molecule has 0 bridgehead atoms. The summed E-state index contributed by atoms with van der Waals surface area (Å²) in [5.74, 6) is 0.411. The second kappa shape index (κ2) is 5.62. The molecule has 0 radical (unpaired) electrons. The largest absolute Gasteiger partial charge is 0.431 e. The van der Waals surface area contributed by atoms with E-state index in [0.29, 0.717) is 12.2 Å². The second-order valence-corrected chi connectivity index (χ2v) is 4.18. The molecule has 1 atom stereocenters. The fourth-order valence-corrected chi connectivity index (χ4v) is 1.90. The zero-order valence-corrected chi connectivity index (χ0v) is 10.3. The Labute approximate surface area is 103 Å². The van der Waals surface area contributed by atoms with Crippen molar-refractivity contribution in [1.82, 2.24) is 4.57 Å².